The lowest BCUT2D eigenvalue weighted by molar-refractivity contribution is 0.795. The van der Waals surface area contributed by atoms with Gasteiger partial charge in [0.25, 0.3) is 0 Å². The molecular weight excluding hydrogens is 200 g/mol. The van der Waals surface area contributed by atoms with Crippen molar-refractivity contribution in [1.29, 1.82) is 0 Å². The number of nitrogens with two attached hydrogens (primary N) is 1. The van der Waals surface area contributed by atoms with E-state index in [1.807, 2.05) is 30.0 Å². The van der Waals surface area contributed by atoms with E-state index < -0.39 is 0 Å². The predicted molar refractivity (Wildman–Crippen MR) is 64.5 cm³/mol. The number of nitrogens with zero attached hydrogens (tertiary/aromatic N) is 3. The summed E-state index contributed by atoms with van der Waals surface area (Å²) in [5, 5.41) is 0. The molecule has 0 fully saturated rings. The molecule has 2 aromatic heterocycles. The van der Waals surface area contributed by atoms with E-state index in [0.717, 1.165) is 30.0 Å². The van der Waals surface area contributed by atoms with E-state index in [-0.39, 0.29) is 0 Å². The van der Waals surface area contributed by atoms with Crippen molar-refractivity contribution < 1.29 is 0 Å². The Balaban J connectivity index is 2.46. The van der Waals surface area contributed by atoms with Crippen LogP contribution in [0.3, 0.4) is 0 Å². The van der Waals surface area contributed by atoms with Crippen LogP contribution in [0.15, 0.2) is 24.7 Å². The van der Waals surface area contributed by atoms with Crippen LogP contribution >= 0.6 is 0 Å². The van der Waals surface area contributed by atoms with Crippen LogP contribution in [0, 0.1) is 6.92 Å². The van der Waals surface area contributed by atoms with Crippen LogP contribution < -0.4 is 5.73 Å². The lowest BCUT2D eigenvalue weighted by Crippen LogP contribution is -2.05. The van der Waals surface area contributed by atoms with Crippen LogP contribution in [0.4, 0.5) is 5.69 Å². The van der Waals surface area contributed by atoms with Gasteiger partial charge < -0.3 is 5.73 Å². The molecule has 0 aliphatic carbocycles. The number of hydrogen-bond acceptors (Lipinski definition) is 3. The summed E-state index contributed by atoms with van der Waals surface area (Å²) in [5.74, 6) is 1.96. The highest BCUT2D eigenvalue weighted by molar-refractivity contribution is 5.45. The Labute approximate surface area is 95.1 Å². The van der Waals surface area contributed by atoms with Crippen LogP contribution in [0.5, 0.6) is 0 Å². The monoisotopic (exact) mass is 216 g/mol. The van der Waals surface area contributed by atoms with E-state index >= 15 is 0 Å². The summed E-state index contributed by atoms with van der Waals surface area (Å²) in [6.07, 6.45) is 7.46. The van der Waals surface area contributed by atoms with Gasteiger partial charge in [0.1, 0.15) is 11.6 Å². The van der Waals surface area contributed by atoms with Crippen LogP contribution in [0.1, 0.15) is 24.7 Å². The number of hydrogen-bond donors (Lipinski definition) is 1. The zero-order chi connectivity index (χ0) is 11.5. The van der Waals surface area contributed by atoms with E-state index in [1.54, 1.807) is 6.20 Å². The number of pyridine rings is 1. The molecule has 2 aromatic rings. The highest BCUT2D eigenvalue weighted by Crippen LogP contribution is 2.16. The van der Waals surface area contributed by atoms with Crippen LogP contribution in [-0.4, -0.2) is 14.5 Å². The van der Waals surface area contributed by atoms with Gasteiger partial charge in [0, 0.05) is 18.8 Å². The van der Waals surface area contributed by atoms with Crippen molar-refractivity contribution in [3.63, 3.8) is 0 Å². The predicted octanol–water partition coefficient (Wildman–Crippen LogP) is 2.11. The van der Waals surface area contributed by atoms with Crippen molar-refractivity contribution >= 4 is 5.69 Å². The molecule has 0 amide bonds. The third-order valence-corrected chi connectivity index (χ3v) is 2.49. The van der Waals surface area contributed by atoms with Crippen molar-refractivity contribution in [3.8, 4) is 5.82 Å². The first-order valence-corrected chi connectivity index (χ1v) is 5.47. The molecule has 2 rings (SSSR count). The summed E-state index contributed by atoms with van der Waals surface area (Å²) in [6, 6.07) is 1.93. The standard InChI is InChI=1S/C12H16N4/c1-3-4-11-14-5-6-16(11)12-9(2)7-10(13)8-15-12/h5-8H,3-4,13H2,1-2H3. The summed E-state index contributed by atoms with van der Waals surface area (Å²) < 4.78 is 2.03. The van der Waals surface area contributed by atoms with E-state index in [4.69, 9.17) is 5.73 Å². The zero-order valence-corrected chi connectivity index (χ0v) is 9.64. The molecule has 2 N–H and O–H groups in total. The Morgan fingerprint density at radius 2 is 2.19 bits per heavy atom. The van der Waals surface area contributed by atoms with Crippen molar-refractivity contribution in [2.45, 2.75) is 26.7 Å². The summed E-state index contributed by atoms with van der Waals surface area (Å²) >= 11 is 0. The fraction of sp³-hybridized carbons (Fsp3) is 0.333. The average Bonchev–Trinajstić information content (AvgIpc) is 2.67. The second-order valence-corrected chi connectivity index (χ2v) is 3.87. The van der Waals surface area contributed by atoms with Gasteiger partial charge in [-0.3, -0.25) is 4.57 Å². The Hall–Kier alpha value is -1.84. The molecule has 0 aliphatic heterocycles. The number of aromatic nitrogens is 3. The highest BCUT2D eigenvalue weighted by Gasteiger charge is 2.07. The molecule has 4 nitrogen and oxygen atoms in total. The average molecular weight is 216 g/mol. The molecule has 16 heavy (non-hydrogen) atoms. The maximum absolute atomic E-state index is 5.69. The van der Waals surface area contributed by atoms with E-state index in [0.29, 0.717) is 5.69 Å². The molecule has 0 radical (unpaired) electrons. The summed E-state index contributed by atoms with van der Waals surface area (Å²) in [7, 11) is 0. The molecule has 0 saturated carbocycles. The minimum atomic E-state index is 0.693. The summed E-state index contributed by atoms with van der Waals surface area (Å²) in [5.41, 5.74) is 7.45. The molecule has 0 aliphatic rings. The zero-order valence-electron chi connectivity index (χ0n) is 9.64. The third kappa shape index (κ3) is 1.91. The Morgan fingerprint density at radius 1 is 1.38 bits per heavy atom. The Kier molecular flexibility index (Phi) is 2.90. The fourth-order valence-corrected chi connectivity index (χ4v) is 1.78. The summed E-state index contributed by atoms with van der Waals surface area (Å²) in [6.45, 7) is 4.15. The van der Waals surface area contributed by atoms with Gasteiger partial charge in [-0.1, -0.05) is 6.92 Å². The van der Waals surface area contributed by atoms with Gasteiger partial charge in [-0.25, -0.2) is 9.97 Å². The number of imidazole rings is 1. The summed E-state index contributed by atoms with van der Waals surface area (Å²) in [4.78, 5) is 8.70. The normalized spacial score (nSPS) is 10.6. The first-order chi connectivity index (χ1) is 7.72. The van der Waals surface area contributed by atoms with Crippen molar-refractivity contribution in [1.82, 2.24) is 14.5 Å². The number of nitrogen functional groups attached to an aromatic ring is 1. The molecule has 0 bridgehead atoms. The SMILES string of the molecule is CCCc1nccn1-c1ncc(N)cc1C. The lowest BCUT2D eigenvalue weighted by Gasteiger charge is -2.09. The van der Waals surface area contributed by atoms with Gasteiger partial charge in [-0.2, -0.15) is 0 Å². The number of rotatable bonds is 3. The van der Waals surface area contributed by atoms with Gasteiger partial charge in [0.15, 0.2) is 0 Å². The third-order valence-electron chi connectivity index (χ3n) is 2.49. The van der Waals surface area contributed by atoms with Crippen LogP contribution in [-0.2, 0) is 6.42 Å². The Morgan fingerprint density at radius 3 is 2.88 bits per heavy atom. The van der Waals surface area contributed by atoms with Crippen LogP contribution in [0.2, 0.25) is 0 Å². The first kappa shape index (κ1) is 10.7. The molecule has 0 aromatic carbocycles. The molecule has 84 valence electrons. The maximum Gasteiger partial charge on any atom is 0.141 e. The van der Waals surface area contributed by atoms with E-state index in [9.17, 15) is 0 Å². The van der Waals surface area contributed by atoms with Gasteiger partial charge in [-0.15, -0.1) is 0 Å². The smallest absolute Gasteiger partial charge is 0.141 e. The topological polar surface area (TPSA) is 56.7 Å². The quantitative estimate of drug-likeness (QED) is 0.854. The van der Waals surface area contributed by atoms with Crippen LogP contribution in [0.25, 0.3) is 5.82 Å². The number of aryl methyl sites for hydroxylation is 2. The van der Waals surface area contributed by atoms with Gasteiger partial charge in [0.05, 0.1) is 11.9 Å². The highest BCUT2D eigenvalue weighted by atomic mass is 15.1. The fourth-order valence-electron chi connectivity index (χ4n) is 1.78. The van der Waals surface area contributed by atoms with Gasteiger partial charge in [0.2, 0.25) is 0 Å². The number of anilines is 1. The lowest BCUT2D eigenvalue weighted by atomic mass is 10.2. The molecule has 4 heteroatoms. The van der Waals surface area contributed by atoms with Gasteiger partial charge in [-0.05, 0) is 25.0 Å². The minimum absolute atomic E-state index is 0.693. The maximum atomic E-state index is 5.69. The first-order valence-electron chi connectivity index (χ1n) is 5.47. The van der Waals surface area contributed by atoms with E-state index in [2.05, 4.69) is 16.9 Å². The van der Waals surface area contributed by atoms with Crippen molar-refractivity contribution in [2.75, 3.05) is 5.73 Å². The molecule has 0 atom stereocenters. The molecular formula is C12H16N4. The van der Waals surface area contributed by atoms with Crippen molar-refractivity contribution in [3.05, 3.63) is 36.0 Å². The van der Waals surface area contributed by atoms with Crippen molar-refractivity contribution in [2.24, 2.45) is 0 Å². The van der Waals surface area contributed by atoms with Gasteiger partial charge >= 0.3 is 0 Å². The molecule has 0 spiro atoms. The molecule has 0 unspecified atom stereocenters. The molecule has 0 saturated heterocycles. The second kappa shape index (κ2) is 4.35. The largest absolute Gasteiger partial charge is 0.397 e. The Bertz CT molecular complexity index is 488. The minimum Gasteiger partial charge on any atom is -0.397 e. The second-order valence-electron chi connectivity index (χ2n) is 3.87. The molecule has 2 heterocycles. The van der Waals surface area contributed by atoms with E-state index in [1.165, 1.54) is 0 Å².